The predicted octanol–water partition coefficient (Wildman–Crippen LogP) is 4.03. The molecule has 1 amide bonds. The lowest BCUT2D eigenvalue weighted by molar-refractivity contribution is -0.116. The molecule has 148 valence electrons. The fourth-order valence-electron chi connectivity index (χ4n) is 2.91. The second-order valence-corrected chi connectivity index (χ2v) is 9.63. The third kappa shape index (κ3) is 4.57. The second-order valence-electron chi connectivity index (χ2n) is 6.49. The molecular weight excluding hydrogens is 394 g/mol. The average molecular weight is 418 g/mol. The van der Waals surface area contributed by atoms with Gasteiger partial charge in [0.05, 0.1) is 11.4 Å². The van der Waals surface area contributed by atoms with Gasteiger partial charge < -0.3 is 5.32 Å². The van der Waals surface area contributed by atoms with E-state index in [0.29, 0.717) is 16.9 Å². The molecule has 0 unspecified atom stereocenters. The third-order valence-electron chi connectivity index (χ3n) is 4.32. The van der Waals surface area contributed by atoms with Crippen molar-refractivity contribution in [2.45, 2.75) is 31.6 Å². The molecule has 0 saturated carbocycles. The van der Waals surface area contributed by atoms with Crippen LogP contribution in [-0.4, -0.2) is 36.7 Å². The fraction of sp³-hybridized carbons (Fsp3) is 0.300. The quantitative estimate of drug-likeness (QED) is 0.600. The summed E-state index contributed by atoms with van der Waals surface area (Å²) in [7, 11) is -3.83. The summed E-state index contributed by atoms with van der Waals surface area (Å²) in [6.07, 6.45) is 3.17. The Kier molecular flexibility index (Phi) is 6.43. The fourth-order valence-corrected chi connectivity index (χ4v) is 5.24. The first-order chi connectivity index (χ1) is 13.4. The van der Waals surface area contributed by atoms with Gasteiger partial charge in [-0.1, -0.05) is 49.7 Å². The van der Waals surface area contributed by atoms with Crippen LogP contribution in [-0.2, 0) is 14.8 Å². The highest BCUT2D eigenvalue weighted by Crippen LogP contribution is 2.26. The van der Waals surface area contributed by atoms with Crippen molar-refractivity contribution in [3.05, 3.63) is 53.5 Å². The standard InChI is InChI=1S/C20H23N3O3S2/c1-3-4-12-23(14-19(24)22-20-21-13-15(2)27-20)28(25,26)18-11-7-9-16-8-5-6-10-17(16)18/h5-11,13H,3-4,12,14H2,1-2H3,(H,21,22,24). The first kappa shape index (κ1) is 20.4. The number of carbonyl (C=O) groups is 1. The van der Waals surface area contributed by atoms with Crippen molar-refractivity contribution >= 4 is 43.2 Å². The highest BCUT2D eigenvalue weighted by atomic mass is 32.2. The maximum atomic E-state index is 13.4. The second kappa shape index (κ2) is 8.81. The minimum atomic E-state index is -3.83. The van der Waals surface area contributed by atoms with E-state index in [4.69, 9.17) is 0 Å². The molecule has 3 rings (SSSR count). The molecule has 0 aliphatic carbocycles. The molecule has 0 radical (unpaired) electrons. The number of unbranched alkanes of at least 4 members (excludes halogenated alkanes) is 1. The molecule has 0 aliphatic rings. The summed E-state index contributed by atoms with van der Waals surface area (Å²) in [4.78, 5) is 17.8. The van der Waals surface area contributed by atoms with Gasteiger partial charge in [-0.25, -0.2) is 13.4 Å². The van der Waals surface area contributed by atoms with Crippen LogP contribution < -0.4 is 5.32 Å². The number of rotatable bonds is 8. The molecule has 0 saturated heterocycles. The predicted molar refractivity (Wildman–Crippen MR) is 113 cm³/mol. The Labute approximate surface area is 169 Å². The van der Waals surface area contributed by atoms with E-state index in [1.165, 1.54) is 15.6 Å². The summed E-state index contributed by atoms with van der Waals surface area (Å²) in [5, 5.41) is 4.67. The molecule has 28 heavy (non-hydrogen) atoms. The Bertz CT molecular complexity index is 1070. The molecule has 1 N–H and O–H groups in total. The Morgan fingerprint density at radius 3 is 2.64 bits per heavy atom. The van der Waals surface area contributed by atoms with Crippen molar-refractivity contribution in [2.75, 3.05) is 18.4 Å². The number of aryl methyl sites for hydroxylation is 1. The number of nitrogens with one attached hydrogen (secondary N) is 1. The first-order valence-corrected chi connectivity index (χ1v) is 11.4. The molecule has 1 heterocycles. The molecule has 0 fully saturated rings. The molecule has 1 aromatic heterocycles. The Hall–Kier alpha value is -2.29. The normalized spacial score (nSPS) is 11.8. The number of fused-ring (bicyclic) bond motifs is 1. The number of nitrogens with zero attached hydrogens (tertiary/aromatic N) is 2. The molecule has 2 aromatic carbocycles. The van der Waals surface area contributed by atoms with Crippen molar-refractivity contribution in [1.82, 2.24) is 9.29 Å². The molecule has 0 atom stereocenters. The zero-order valence-corrected chi connectivity index (χ0v) is 17.5. The largest absolute Gasteiger partial charge is 0.301 e. The molecule has 0 bridgehead atoms. The molecule has 6 nitrogen and oxygen atoms in total. The number of hydrogen-bond acceptors (Lipinski definition) is 5. The maximum Gasteiger partial charge on any atom is 0.244 e. The van der Waals surface area contributed by atoms with E-state index >= 15 is 0 Å². The van der Waals surface area contributed by atoms with Gasteiger partial charge in [0.25, 0.3) is 0 Å². The summed E-state index contributed by atoms with van der Waals surface area (Å²) in [6.45, 7) is 3.92. The summed E-state index contributed by atoms with van der Waals surface area (Å²) in [6, 6.07) is 12.6. The molecule has 8 heteroatoms. The van der Waals surface area contributed by atoms with Gasteiger partial charge in [-0.3, -0.25) is 4.79 Å². The summed E-state index contributed by atoms with van der Waals surface area (Å²) < 4.78 is 28.0. The number of anilines is 1. The number of carbonyl (C=O) groups excluding carboxylic acids is 1. The smallest absolute Gasteiger partial charge is 0.244 e. The zero-order valence-electron chi connectivity index (χ0n) is 15.9. The zero-order chi connectivity index (χ0) is 20.1. The van der Waals surface area contributed by atoms with Gasteiger partial charge in [0.1, 0.15) is 0 Å². The number of aromatic nitrogens is 1. The van der Waals surface area contributed by atoms with Crippen LogP contribution in [0.15, 0.2) is 53.6 Å². The van der Waals surface area contributed by atoms with Crippen LogP contribution in [0.5, 0.6) is 0 Å². The van der Waals surface area contributed by atoms with Gasteiger partial charge in [0.2, 0.25) is 15.9 Å². The number of thiazole rings is 1. The van der Waals surface area contributed by atoms with E-state index in [-0.39, 0.29) is 18.0 Å². The van der Waals surface area contributed by atoms with Gasteiger partial charge in [-0.2, -0.15) is 4.31 Å². The van der Waals surface area contributed by atoms with Crippen LogP contribution in [0.25, 0.3) is 10.8 Å². The van der Waals surface area contributed by atoms with Gasteiger partial charge in [0, 0.05) is 23.0 Å². The van der Waals surface area contributed by atoms with Crippen LogP contribution >= 0.6 is 11.3 Å². The SMILES string of the molecule is CCCCN(CC(=O)Nc1ncc(C)s1)S(=O)(=O)c1cccc2ccccc12. The molecule has 3 aromatic rings. The van der Waals surface area contributed by atoms with Crippen molar-refractivity contribution in [3.63, 3.8) is 0 Å². The van der Waals surface area contributed by atoms with E-state index in [2.05, 4.69) is 10.3 Å². The third-order valence-corrected chi connectivity index (χ3v) is 7.05. The van der Waals surface area contributed by atoms with Crippen molar-refractivity contribution in [2.24, 2.45) is 0 Å². The van der Waals surface area contributed by atoms with Crippen molar-refractivity contribution in [3.8, 4) is 0 Å². The maximum absolute atomic E-state index is 13.4. The Morgan fingerprint density at radius 2 is 1.93 bits per heavy atom. The minimum Gasteiger partial charge on any atom is -0.301 e. The molecular formula is C20H23N3O3S2. The number of amides is 1. The lowest BCUT2D eigenvalue weighted by atomic mass is 10.1. The van der Waals surface area contributed by atoms with E-state index < -0.39 is 15.9 Å². The van der Waals surface area contributed by atoms with Gasteiger partial charge in [-0.15, -0.1) is 11.3 Å². The van der Waals surface area contributed by atoms with Crippen LogP contribution in [0.4, 0.5) is 5.13 Å². The highest BCUT2D eigenvalue weighted by molar-refractivity contribution is 7.89. The number of sulfonamides is 1. The average Bonchev–Trinajstić information content (AvgIpc) is 3.09. The van der Waals surface area contributed by atoms with Gasteiger partial charge in [-0.05, 0) is 24.8 Å². The van der Waals surface area contributed by atoms with Crippen molar-refractivity contribution in [1.29, 1.82) is 0 Å². The van der Waals surface area contributed by atoms with E-state index in [9.17, 15) is 13.2 Å². The lowest BCUT2D eigenvalue weighted by Crippen LogP contribution is -2.38. The van der Waals surface area contributed by atoms with Crippen LogP contribution in [0.3, 0.4) is 0 Å². The molecule has 0 aliphatic heterocycles. The monoisotopic (exact) mass is 417 g/mol. The summed E-state index contributed by atoms with van der Waals surface area (Å²) in [5.74, 6) is -0.394. The van der Waals surface area contributed by atoms with Crippen LogP contribution in [0.1, 0.15) is 24.6 Å². The van der Waals surface area contributed by atoms with Crippen LogP contribution in [0, 0.1) is 6.92 Å². The Balaban J connectivity index is 1.89. The Morgan fingerprint density at radius 1 is 1.18 bits per heavy atom. The number of hydrogen-bond donors (Lipinski definition) is 1. The van der Waals surface area contributed by atoms with Gasteiger partial charge >= 0.3 is 0 Å². The highest BCUT2D eigenvalue weighted by Gasteiger charge is 2.28. The topological polar surface area (TPSA) is 79.4 Å². The van der Waals surface area contributed by atoms with E-state index in [1.807, 2.05) is 38.1 Å². The minimum absolute atomic E-state index is 0.222. The van der Waals surface area contributed by atoms with Crippen molar-refractivity contribution < 1.29 is 13.2 Å². The van der Waals surface area contributed by atoms with Crippen LogP contribution in [0.2, 0.25) is 0 Å². The summed E-state index contributed by atoms with van der Waals surface area (Å²) >= 11 is 1.36. The first-order valence-electron chi connectivity index (χ1n) is 9.12. The lowest BCUT2D eigenvalue weighted by Gasteiger charge is -2.22. The summed E-state index contributed by atoms with van der Waals surface area (Å²) in [5.41, 5.74) is 0. The number of benzene rings is 2. The van der Waals surface area contributed by atoms with E-state index in [0.717, 1.165) is 16.7 Å². The molecule has 0 spiro atoms. The van der Waals surface area contributed by atoms with E-state index in [1.54, 1.807) is 24.4 Å². The van der Waals surface area contributed by atoms with Gasteiger partial charge in [0.15, 0.2) is 5.13 Å².